The molecule has 9 nitrogen and oxygen atoms in total. The van der Waals surface area contributed by atoms with Crippen LogP contribution in [-0.4, -0.2) is 109 Å². The molecule has 9 heteroatoms. The molecule has 0 aromatic heterocycles. The zero-order chi connectivity index (χ0) is 31.9. The maximum atomic E-state index is 12.9. The van der Waals surface area contributed by atoms with E-state index < -0.39 is 10.8 Å². The summed E-state index contributed by atoms with van der Waals surface area (Å²) >= 11 is 0. The topological polar surface area (TPSA) is 93.3 Å². The van der Waals surface area contributed by atoms with Crippen LogP contribution in [0.5, 0.6) is 0 Å². The predicted octanol–water partition coefficient (Wildman–Crippen LogP) is 3.09. The zero-order valence-corrected chi connectivity index (χ0v) is 27.3. The number of carbonyl (C=O) groups excluding carboxylic acids is 4. The van der Waals surface area contributed by atoms with E-state index in [-0.39, 0.29) is 48.3 Å². The Kier molecular flexibility index (Phi) is 12.3. The van der Waals surface area contributed by atoms with Crippen molar-refractivity contribution < 1.29 is 19.2 Å². The quantitative estimate of drug-likeness (QED) is 0.177. The fourth-order valence-electron chi connectivity index (χ4n) is 6.49. The van der Waals surface area contributed by atoms with E-state index in [1.165, 1.54) is 9.80 Å². The minimum Gasteiger partial charge on any atom is -0.314 e. The molecule has 3 saturated heterocycles. The number of carbonyl (C=O) groups is 4. The molecule has 3 fully saturated rings. The molecule has 3 aliphatic heterocycles. The summed E-state index contributed by atoms with van der Waals surface area (Å²) in [7, 11) is 0. The number of rotatable bonds is 15. The third kappa shape index (κ3) is 11.3. The first-order valence-corrected chi connectivity index (χ1v) is 15.8. The van der Waals surface area contributed by atoms with Crippen LogP contribution < -0.4 is 5.32 Å². The minimum atomic E-state index is -0.440. The standard InChI is InChI=1S/C34H53N5O4/c1-25(23-33(3,4)5)19-27-21-29(40)38(31(27)42)12-10-35-9-11-36-13-15-37(16-14-36)17-18-39-30(41)22-28(32(39)43)20-26(2)24-34(6,7)8/h3,6,23-24,27-28,35H,9-22H2,1-2,4-5,7-8H3/b25-23+,26-24+. The van der Waals surface area contributed by atoms with Gasteiger partial charge in [0.1, 0.15) is 0 Å². The van der Waals surface area contributed by atoms with E-state index in [1.807, 2.05) is 53.7 Å². The van der Waals surface area contributed by atoms with E-state index in [2.05, 4.69) is 15.1 Å². The first kappa shape index (κ1) is 35.1. The van der Waals surface area contributed by atoms with Crippen LogP contribution in [0.2, 0.25) is 0 Å². The Bertz CT molecular complexity index is 1070. The SMILES string of the molecule is [CH]C(C)(C)/C=C(\C)CC1CC(=O)N(CCNCCN2CCN(CCN3C(=O)CC(C/C(C)=C/C([CH])(C)C)C3=O)CC2)C1=O. The lowest BCUT2D eigenvalue weighted by Gasteiger charge is -2.35. The van der Waals surface area contributed by atoms with Gasteiger partial charge in [0.15, 0.2) is 0 Å². The Morgan fingerprint density at radius 2 is 1.09 bits per heavy atom. The van der Waals surface area contributed by atoms with E-state index in [9.17, 15) is 19.2 Å². The van der Waals surface area contributed by atoms with Crippen molar-refractivity contribution in [1.29, 1.82) is 0 Å². The van der Waals surface area contributed by atoms with Crippen molar-refractivity contribution in [2.24, 2.45) is 22.7 Å². The van der Waals surface area contributed by atoms with Gasteiger partial charge in [0.2, 0.25) is 23.6 Å². The highest BCUT2D eigenvalue weighted by Crippen LogP contribution is 2.29. The number of imide groups is 2. The lowest BCUT2D eigenvalue weighted by atomic mass is 9.90. The number of allylic oxidation sites excluding steroid dienone is 4. The largest absolute Gasteiger partial charge is 0.314 e. The molecule has 4 radical (unpaired) electrons. The third-order valence-corrected chi connectivity index (χ3v) is 8.27. The summed E-state index contributed by atoms with van der Waals surface area (Å²) in [5, 5.41) is 3.38. The van der Waals surface area contributed by atoms with Gasteiger partial charge in [-0.3, -0.25) is 38.8 Å². The molecule has 0 aromatic carbocycles. The molecule has 0 aliphatic carbocycles. The molecular formula is C34H53N5O4. The molecule has 4 amide bonds. The third-order valence-electron chi connectivity index (χ3n) is 8.27. The molecule has 0 saturated carbocycles. The average molecular weight is 596 g/mol. The molecule has 0 aromatic rings. The van der Waals surface area contributed by atoms with Crippen LogP contribution in [0.3, 0.4) is 0 Å². The Morgan fingerprint density at radius 3 is 1.53 bits per heavy atom. The van der Waals surface area contributed by atoms with Crippen LogP contribution in [0.4, 0.5) is 0 Å². The average Bonchev–Trinajstić information content (AvgIpc) is 3.28. The van der Waals surface area contributed by atoms with Crippen LogP contribution in [0, 0.1) is 36.5 Å². The van der Waals surface area contributed by atoms with Crippen LogP contribution in [0.1, 0.15) is 67.2 Å². The second-order valence-electron chi connectivity index (χ2n) is 14.0. The highest BCUT2D eigenvalue weighted by molar-refractivity contribution is 6.04. The Labute approximate surface area is 260 Å². The summed E-state index contributed by atoms with van der Waals surface area (Å²) in [4.78, 5) is 58.3. The van der Waals surface area contributed by atoms with Gasteiger partial charge in [-0.2, -0.15) is 0 Å². The normalized spacial score (nSPS) is 23.8. The van der Waals surface area contributed by atoms with Crippen molar-refractivity contribution in [2.75, 3.05) is 65.4 Å². The van der Waals surface area contributed by atoms with Gasteiger partial charge < -0.3 is 5.32 Å². The minimum absolute atomic E-state index is 0.0623. The number of hydrogen-bond donors (Lipinski definition) is 1. The molecule has 43 heavy (non-hydrogen) atoms. The van der Waals surface area contributed by atoms with Crippen LogP contribution >= 0.6 is 0 Å². The fraction of sp³-hybridized carbons (Fsp3) is 0.706. The van der Waals surface area contributed by atoms with Gasteiger partial charge in [-0.25, -0.2) is 0 Å². The molecule has 3 heterocycles. The monoisotopic (exact) mass is 595 g/mol. The van der Waals surface area contributed by atoms with Gasteiger partial charge in [-0.1, -0.05) is 51.0 Å². The van der Waals surface area contributed by atoms with Gasteiger partial charge in [0.25, 0.3) is 0 Å². The van der Waals surface area contributed by atoms with Crippen molar-refractivity contribution in [3.05, 3.63) is 37.1 Å². The molecular weight excluding hydrogens is 542 g/mol. The molecule has 2 unspecified atom stereocenters. The lowest BCUT2D eigenvalue weighted by Crippen LogP contribution is -2.50. The van der Waals surface area contributed by atoms with Crippen LogP contribution in [0.25, 0.3) is 0 Å². The molecule has 0 spiro atoms. The first-order chi connectivity index (χ1) is 20.0. The number of nitrogens with one attached hydrogen (secondary N) is 1. The second-order valence-corrected chi connectivity index (χ2v) is 14.0. The number of amides is 4. The summed E-state index contributed by atoms with van der Waals surface area (Å²) in [6.07, 6.45) is 5.62. The number of nitrogens with zero attached hydrogens (tertiary/aromatic N) is 4. The van der Waals surface area contributed by atoms with Crippen molar-refractivity contribution in [3.8, 4) is 0 Å². The summed E-state index contributed by atoms with van der Waals surface area (Å²) in [5.74, 6) is -0.887. The van der Waals surface area contributed by atoms with Gasteiger partial charge in [-0.05, 0) is 51.4 Å². The molecule has 3 rings (SSSR count). The molecule has 0 bridgehead atoms. The summed E-state index contributed by atoms with van der Waals surface area (Å²) in [6.45, 7) is 31.1. The Morgan fingerprint density at radius 1 is 0.698 bits per heavy atom. The summed E-state index contributed by atoms with van der Waals surface area (Å²) < 4.78 is 0. The second kappa shape index (κ2) is 15.1. The van der Waals surface area contributed by atoms with E-state index in [4.69, 9.17) is 13.8 Å². The van der Waals surface area contributed by atoms with Crippen molar-refractivity contribution in [2.45, 2.75) is 67.2 Å². The highest BCUT2D eigenvalue weighted by Gasteiger charge is 2.39. The van der Waals surface area contributed by atoms with E-state index >= 15 is 0 Å². The van der Waals surface area contributed by atoms with Crippen molar-refractivity contribution in [3.63, 3.8) is 0 Å². The smallest absolute Gasteiger partial charge is 0.233 e. The van der Waals surface area contributed by atoms with Crippen molar-refractivity contribution >= 4 is 23.6 Å². The Balaban J connectivity index is 1.30. The predicted molar refractivity (Wildman–Crippen MR) is 168 cm³/mol. The van der Waals surface area contributed by atoms with Crippen molar-refractivity contribution in [1.82, 2.24) is 24.9 Å². The van der Waals surface area contributed by atoms with Gasteiger partial charge in [0.05, 0.1) is 11.8 Å². The fourth-order valence-corrected chi connectivity index (χ4v) is 6.49. The molecule has 3 aliphatic rings. The van der Waals surface area contributed by atoms with Gasteiger partial charge in [-0.15, -0.1) is 0 Å². The van der Waals surface area contributed by atoms with Crippen LogP contribution in [-0.2, 0) is 19.2 Å². The summed E-state index contributed by atoms with van der Waals surface area (Å²) in [5.41, 5.74) is 1.21. The Hall–Kier alpha value is -2.36. The molecule has 238 valence electrons. The maximum Gasteiger partial charge on any atom is 0.233 e. The molecule has 2 atom stereocenters. The van der Waals surface area contributed by atoms with Gasteiger partial charge in [0, 0.05) is 78.3 Å². The molecule has 1 N–H and O–H groups in total. The van der Waals surface area contributed by atoms with E-state index in [1.54, 1.807) is 0 Å². The zero-order valence-electron chi connectivity index (χ0n) is 27.3. The summed E-state index contributed by atoms with van der Waals surface area (Å²) in [6, 6.07) is 0. The van der Waals surface area contributed by atoms with E-state index in [0.717, 1.165) is 50.4 Å². The van der Waals surface area contributed by atoms with Crippen LogP contribution in [0.15, 0.2) is 23.3 Å². The van der Waals surface area contributed by atoms with Gasteiger partial charge >= 0.3 is 0 Å². The highest BCUT2D eigenvalue weighted by atomic mass is 16.2. The lowest BCUT2D eigenvalue weighted by molar-refractivity contribution is -0.141. The maximum absolute atomic E-state index is 12.9. The first-order valence-electron chi connectivity index (χ1n) is 15.8. The number of likely N-dealkylation sites (tertiary alicyclic amines) is 2. The number of hydrogen-bond acceptors (Lipinski definition) is 7. The van der Waals surface area contributed by atoms with E-state index in [0.29, 0.717) is 39.0 Å². The number of piperazine rings is 1.